The van der Waals surface area contributed by atoms with Gasteiger partial charge in [0.25, 0.3) is 0 Å². The van der Waals surface area contributed by atoms with Crippen LogP contribution in [-0.4, -0.2) is 24.1 Å². The molecule has 2 saturated carbocycles. The van der Waals surface area contributed by atoms with Gasteiger partial charge < -0.3 is 4.74 Å². The molecule has 2 aromatic rings. The highest BCUT2D eigenvalue weighted by atomic mass is 16.5. The molecule has 0 bridgehead atoms. The summed E-state index contributed by atoms with van der Waals surface area (Å²) in [6.07, 6.45) is 29.0. The van der Waals surface area contributed by atoms with Crippen LogP contribution in [0.15, 0.2) is 36.4 Å². The molecule has 0 unspecified atom stereocenters. The van der Waals surface area contributed by atoms with Crippen molar-refractivity contribution in [2.75, 3.05) is 13.1 Å². The summed E-state index contributed by atoms with van der Waals surface area (Å²) in [5, 5.41) is 2.67. The number of hydrogen-bond acceptors (Lipinski definition) is 2. The summed E-state index contributed by atoms with van der Waals surface area (Å²) in [4.78, 5) is 2.70. The van der Waals surface area contributed by atoms with E-state index in [-0.39, 0.29) is 0 Å². The first-order valence-electron chi connectivity index (χ1n) is 17.7. The topological polar surface area (TPSA) is 12.5 Å². The number of rotatable bonds is 6. The van der Waals surface area contributed by atoms with E-state index < -0.39 is 0 Å². The predicted octanol–water partition coefficient (Wildman–Crippen LogP) is 11.1. The van der Waals surface area contributed by atoms with Crippen LogP contribution in [-0.2, 0) is 6.54 Å². The van der Waals surface area contributed by atoms with Crippen LogP contribution in [0.2, 0.25) is 0 Å². The van der Waals surface area contributed by atoms with Crippen molar-refractivity contribution in [3.63, 3.8) is 0 Å². The van der Waals surface area contributed by atoms with Crippen LogP contribution >= 0.6 is 0 Å². The van der Waals surface area contributed by atoms with Crippen LogP contribution in [0.25, 0.3) is 10.8 Å². The van der Waals surface area contributed by atoms with Crippen LogP contribution in [0.1, 0.15) is 141 Å². The van der Waals surface area contributed by atoms with Gasteiger partial charge in [0.2, 0.25) is 0 Å². The van der Waals surface area contributed by atoms with Crippen LogP contribution in [0.4, 0.5) is 0 Å². The van der Waals surface area contributed by atoms with Crippen molar-refractivity contribution in [1.82, 2.24) is 4.90 Å². The maximum Gasteiger partial charge on any atom is 0.120 e. The molecule has 2 nitrogen and oxygen atoms in total. The molecule has 2 aliphatic carbocycles. The van der Waals surface area contributed by atoms with Gasteiger partial charge in [-0.15, -0.1) is 0 Å². The van der Waals surface area contributed by atoms with E-state index in [1.807, 2.05) is 0 Å². The van der Waals surface area contributed by atoms with Crippen LogP contribution in [0, 0.1) is 17.8 Å². The normalized spacial score (nSPS) is 25.9. The fraction of sp³-hybridized carbons (Fsp3) is 0.737. The lowest BCUT2D eigenvalue weighted by molar-refractivity contribution is 0.0419. The Morgan fingerprint density at radius 3 is 1.75 bits per heavy atom. The third-order valence-corrected chi connectivity index (χ3v) is 10.8. The van der Waals surface area contributed by atoms with Crippen molar-refractivity contribution in [3.05, 3.63) is 42.0 Å². The standard InChI is InChI=1S/C38H59NO/c1-2-31-19-23-37(24-20-31)40-38-25-22-34-26-32(18-21-35(34)27-38)28-39-29-36(30-39)33-16-14-12-10-8-6-4-3-5-7-9-11-13-15-17-33/h18,21-22,25-27,31,33,36-37H,2-17,19-20,23-24,28-30H2,1H3. The molecule has 0 spiro atoms. The minimum Gasteiger partial charge on any atom is -0.490 e. The van der Waals surface area contributed by atoms with Gasteiger partial charge in [-0.05, 0) is 78.0 Å². The lowest BCUT2D eigenvalue weighted by atomic mass is 9.79. The summed E-state index contributed by atoms with van der Waals surface area (Å²) in [5.74, 6) is 3.88. The van der Waals surface area contributed by atoms with Gasteiger partial charge in [0, 0.05) is 19.6 Å². The van der Waals surface area contributed by atoms with Crippen molar-refractivity contribution in [2.45, 2.75) is 148 Å². The Labute approximate surface area is 246 Å². The summed E-state index contributed by atoms with van der Waals surface area (Å²) < 4.78 is 6.41. The van der Waals surface area contributed by atoms with E-state index in [0.29, 0.717) is 6.10 Å². The maximum atomic E-state index is 6.41. The second-order valence-corrected chi connectivity index (χ2v) is 13.9. The van der Waals surface area contributed by atoms with Gasteiger partial charge in [0.05, 0.1) is 6.10 Å². The fourth-order valence-corrected chi connectivity index (χ4v) is 7.96. The molecule has 3 fully saturated rings. The SMILES string of the molecule is CCC1CCC(Oc2ccc3cc(CN4CC(C5CCCCCCCCCCCCCCC5)C4)ccc3c2)CC1. The van der Waals surface area contributed by atoms with E-state index >= 15 is 0 Å². The summed E-state index contributed by atoms with van der Waals surface area (Å²) in [6, 6.07) is 13.9. The number of hydrogen-bond donors (Lipinski definition) is 0. The quantitative estimate of drug-likeness (QED) is 0.358. The zero-order chi connectivity index (χ0) is 27.4. The Balaban J connectivity index is 1.08. The minimum atomic E-state index is 0.405. The average molecular weight is 546 g/mol. The predicted molar refractivity (Wildman–Crippen MR) is 172 cm³/mol. The molecule has 0 amide bonds. The molecule has 222 valence electrons. The molecular weight excluding hydrogens is 486 g/mol. The highest BCUT2D eigenvalue weighted by Crippen LogP contribution is 2.34. The second kappa shape index (κ2) is 16.2. The molecule has 1 aliphatic heterocycles. The van der Waals surface area contributed by atoms with E-state index in [1.165, 1.54) is 158 Å². The molecule has 40 heavy (non-hydrogen) atoms. The van der Waals surface area contributed by atoms with E-state index in [2.05, 4.69) is 48.2 Å². The molecule has 0 radical (unpaired) electrons. The van der Waals surface area contributed by atoms with Gasteiger partial charge in [-0.1, -0.05) is 128 Å². The number of benzene rings is 2. The molecule has 0 N–H and O–H groups in total. The van der Waals surface area contributed by atoms with Crippen molar-refractivity contribution < 1.29 is 4.74 Å². The second-order valence-electron chi connectivity index (χ2n) is 13.9. The third-order valence-electron chi connectivity index (χ3n) is 10.8. The Hall–Kier alpha value is -1.54. The Kier molecular flexibility index (Phi) is 12.1. The molecular formula is C38H59NO. The molecule has 1 heterocycles. The van der Waals surface area contributed by atoms with Crippen LogP contribution in [0.5, 0.6) is 5.75 Å². The molecule has 0 aromatic heterocycles. The molecule has 2 aromatic carbocycles. The summed E-state index contributed by atoms with van der Waals surface area (Å²) >= 11 is 0. The van der Waals surface area contributed by atoms with E-state index in [1.54, 1.807) is 0 Å². The molecule has 1 saturated heterocycles. The van der Waals surface area contributed by atoms with Crippen molar-refractivity contribution in [1.29, 1.82) is 0 Å². The lowest BCUT2D eigenvalue weighted by Crippen LogP contribution is -2.49. The maximum absolute atomic E-state index is 6.41. The highest BCUT2D eigenvalue weighted by Gasteiger charge is 2.32. The lowest BCUT2D eigenvalue weighted by Gasteiger charge is -2.44. The monoisotopic (exact) mass is 545 g/mol. The molecule has 0 atom stereocenters. The zero-order valence-electron chi connectivity index (χ0n) is 25.9. The first-order chi connectivity index (χ1) is 19.8. The zero-order valence-corrected chi connectivity index (χ0v) is 25.9. The van der Waals surface area contributed by atoms with Gasteiger partial charge in [-0.2, -0.15) is 0 Å². The van der Waals surface area contributed by atoms with E-state index in [4.69, 9.17) is 4.74 Å². The number of nitrogens with zero attached hydrogens (tertiary/aromatic N) is 1. The Morgan fingerprint density at radius 2 is 1.15 bits per heavy atom. The average Bonchev–Trinajstić information content (AvgIpc) is 2.95. The summed E-state index contributed by atoms with van der Waals surface area (Å²) in [7, 11) is 0. The third kappa shape index (κ3) is 9.23. The first kappa shape index (κ1) is 29.9. The smallest absolute Gasteiger partial charge is 0.120 e. The van der Waals surface area contributed by atoms with Crippen molar-refractivity contribution in [2.24, 2.45) is 17.8 Å². The fourth-order valence-electron chi connectivity index (χ4n) is 7.96. The minimum absolute atomic E-state index is 0.405. The highest BCUT2D eigenvalue weighted by molar-refractivity contribution is 5.84. The Bertz CT molecular complexity index is 970. The van der Waals surface area contributed by atoms with Gasteiger partial charge in [0.15, 0.2) is 0 Å². The molecule has 2 heteroatoms. The van der Waals surface area contributed by atoms with E-state index in [0.717, 1.165) is 30.0 Å². The van der Waals surface area contributed by atoms with Gasteiger partial charge in [-0.25, -0.2) is 0 Å². The van der Waals surface area contributed by atoms with Crippen molar-refractivity contribution >= 4 is 10.8 Å². The summed E-state index contributed by atoms with van der Waals surface area (Å²) in [6.45, 7) is 6.07. The number of fused-ring (bicyclic) bond motifs is 1. The molecule has 5 rings (SSSR count). The van der Waals surface area contributed by atoms with Crippen molar-refractivity contribution in [3.8, 4) is 5.75 Å². The number of likely N-dealkylation sites (tertiary alicyclic amines) is 1. The van der Waals surface area contributed by atoms with Gasteiger partial charge >= 0.3 is 0 Å². The largest absolute Gasteiger partial charge is 0.490 e. The van der Waals surface area contributed by atoms with Crippen LogP contribution < -0.4 is 4.74 Å². The Morgan fingerprint density at radius 1 is 0.600 bits per heavy atom. The van der Waals surface area contributed by atoms with Gasteiger partial charge in [-0.3, -0.25) is 4.90 Å². The van der Waals surface area contributed by atoms with Crippen LogP contribution in [0.3, 0.4) is 0 Å². The molecule has 3 aliphatic rings. The van der Waals surface area contributed by atoms with E-state index in [9.17, 15) is 0 Å². The summed E-state index contributed by atoms with van der Waals surface area (Å²) in [5.41, 5.74) is 1.47. The first-order valence-corrected chi connectivity index (χ1v) is 17.7. The number of ether oxygens (including phenoxy) is 1. The van der Waals surface area contributed by atoms with Gasteiger partial charge in [0.1, 0.15) is 5.75 Å².